The third kappa shape index (κ3) is 1.59. The number of aromatic nitrogens is 3. The van der Waals surface area contributed by atoms with Gasteiger partial charge in [0.2, 0.25) is 0 Å². The largest absolute Gasteiger partial charge is 0.367 e. The van der Waals surface area contributed by atoms with Gasteiger partial charge in [-0.05, 0) is 6.92 Å². The SMILES string of the molecule is CCNc1n[nH]nc1-c1ccccc1. The smallest absolute Gasteiger partial charge is 0.176 e. The predicted molar refractivity (Wildman–Crippen MR) is 56.0 cm³/mol. The molecule has 0 radical (unpaired) electrons. The Balaban J connectivity index is 2.37. The van der Waals surface area contributed by atoms with Gasteiger partial charge in [0.25, 0.3) is 0 Å². The fourth-order valence-corrected chi connectivity index (χ4v) is 1.32. The highest BCUT2D eigenvalue weighted by molar-refractivity contribution is 5.70. The fourth-order valence-electron chi connectivity index (χ4n) is 1.32. The second-order valence-electron chi connectivity index (χ2n) is 2.92. The molecular weight excluding hydrogens is 176 g/mol. The zero-order valence-electron chi connectivity index (χ0n) is 7.99. The van der Waals surface area contributed by atoms with E-state index in [9.17, 15) is 0 Å². The number of anilines is 1. The summed E-state index contributed by atoms with van der Waals surface area (Å²) in [5, 5.41) is 13.9. The van der Waals surface area contributed by atoms with Crippen LogP contribution in [0.15, 0.2) is 30.3 Å². The summed E-state index contributed by atoms with van der Waals surface area (Å²) in [4.78, 5) is 0. The van der Waals surface area contributed by atoms with Gasteiger partial charge in [-0.25, -0.2) is 0 Å². The lowest BCUT2D eigenvalue weighted by atomic mass is 10.1. The third-order valence-corrected chi connectivity index (χ3v) is 1.94. The highest BCUT2D eigenvalue weighted by Crippen LogP contribution is 2.22. The molecule has 0 saturated carbocycles. The summed E-state index contributed by atoms with van der Waals surface area (Å²) < 4.78 is 0. The second-order valence-corrected chi connectivity index (χ2v) is 2.92. The number of nitrogens with zero attached hydrogens (tertiary/aromatic N) is 2. The van der Waals surface area contributed by atoms with Crippen LogP contribution in [-0.4, -0.2) is 22.0 Å². The molecule has 0 bridgehead atoms. The van der Waals surface area contributed by atoms with Crippen molar-refractivity contribution in [2.45, 2.75) is 6.92 Å². The van der Waals surface area contributed by atoms with Gasteiger partial charge in [-0.2, -0.15) is 10.3 Å². The van der Waals surface area contributed by atoms with Crippen molar-refractivity contribution >= 4 is 5.82 Å². The van der Waals surface area contributed by atoms with E-state index in [0.717, 1.165) is 23.6 Å². The molecule has 0 aliphatic heterocycles. The third-order valence-electron chi connectivity index (χ3n) is 1.94. The van der Waals surface area contributed by atoms with Crippen LogP contribution in [0, 0.1) is 0 Å². The van der Waals surface area contributed by atoms with Crippen LogP contribution in [0.5, 0.6) is 0 Å². The summed E-state index contributed by atoms with van der Waals surface area (Å²) >= 11 is 0. The molecule has 0 spiro atoms. The number of hydrogen-bond donors (Lipinski definition) is 2. The van der Waals surface area contributed by atoms with E-state index in [0.29, 0.717) is 0 Å². The summed E-state index contributed by atoms with van der Waals surface area (Å²) in [6.45, 7) is 2.87. The first-order valence-electron chi connectivity index (χ1n) is 4.62. The van der Waals surface area contributed by atoms with E-state index in [4.69, 9.17) is 0 Å². The van der Waals surface area contributed by atoms with Gasteiger partial charge in [0.05, 0.1) is 0 Å². The Hall–Kier alpha value is -1.84. The molecule has 4 heteroatoms. The van der Waals surface area contributed by atoms with Crippen molar-refractivity contribution in [2.75, 3.05) is 11.9 Å². The summed E-state index contributed by atoms with van der Waals surface area (Å²) in [5.74, 6) is 0.804. The van der Waals surface area contributed by atoms with Gasteiger partial charge in [0.15, 0.2) is 5.82 Å². The van der Waals surface area contributed by atoms with Gasteiger partial charge in [-0.15, -0.1) is 5.10 Å². The van der Waals surface area contributed by atoms with E-state index < -0.39 is 0 Å². The minimum atomic E-state index is 0.804. The summed E-state index contributed by atoms with van der Waals surface area (Å²) in [5.41, 5.74) is 1.93. The Morgan fingerprint density at radius 3 is 2.71 bits per heavy atom. The molecule has 0 aliphatic carbocycles. The monoisotopic (exact) mass is 188 g/mol. The first-order chi connectivity index (χ1) is 6.92. The average molecular weight is 188 g/mol. The molecule has 0 saturated heterocycles. The van der Waals surface area contributed by atoms with Crippen molar-refractivity contribution in [3.05, 3.63) is 30.3 Å². The molecule has 2 aromatic rings. The quantitative estimate of drug-likeness (QED) is 0.773. The molecule has 4 nitrogen and oxygen atoms in total. The zero-order chi connectivity index (χ0) is 9.80. The van der Waals surface area contributed by atoms with Gasteiger partial charge in [-0.3, -0.25) is 0 Å². The maximum Gasteiger partial charge on any atom is 0.176 e. The van der Waals surface area contributed by atoms with Gasteiger partial charge < -0.3 is 5.32 Å². The van der Waals surface area contributed by atoms with Crippen molar-refractivity contribution in [1.82, 2.24) is 15.4 Å². The highest BCUT2D eigenvalue weighted by Gasteiger charge is 2.07. The summed E-state index contributed by atoms with van der Waals surface area (Å²) in [6, 6.07) is 9.98. The van der Waals surface area contributed by atoms with Crippen LogP contribution in [-0.2, 0) is 0 Å². The lowest BCUT2D eigenvalue weighted by Crippen LogP contribution is -1.98. The van der Waals surface area contributed by atoms with E-state index in [1.807, 2.05) is 37.3 Å². The summed E-state index contributed by atoms with van der Waals surface area (Å²) in [7, 11) is 0. The maximum absolute atomic E-state index is 4.11. The first kappa shape index (κ1) is 8.74. The molecule has 0 amide bonds. The maximum atomic E-state index is 4.11. The number of benzene rings is 1. The van der Waals surface area contributed by atoms with E-state index in [1.54, 1.807) is 0 Å². The zero-order valence-corrected chi connectivity index (χ0v) is 7.99. The van der Waals surface area contributed by atoms with E-state index in [1.165, 1.54) is 0 Å². The number of rotatable bonds is 3. The normalized spacial score (nSPS) is 10.1. The molecule has 0 atom stereocenters. The summed E-state index contributed by atoms with van der Waals surface area (Å²) in [6.07, 6.45) is 0. The van der Waals surface area contributed by atoms with Crippen molar-refractivity contribution in [3.8, 4) is 11.3 Å². The van der Waals surface area contributed by atoms with Crippen LogP contribution in [0.25, 0.3) is 11.3 Å². The molecule has 1 heterocycles. The number of hydrogen-bond acceptors (Lipinski definition) is 3. The average Bonchev–Trinajstić information content (AvgIpc) is 2.68. The fraction of sp³-hybridized carbons (Fsp3) is 0.200. The van der Waals surface area contributed by atoms with Crippen molar-refractivity contribution < 1.29 is 0 Å². The van der Waals surface area contributed by atoms with Crippen molar-refractivity contribution in [1.29, 1.82) is 0 Å². The van der Waals surface area contributed by atoms with Crippen molar-refractivity contribution in [2.24, 2.45) is 0 Å². The topological polar surface area (TPSA) is 53.6 Å². The number of nitrogens with one attached hydrogen (secondary N) is 2. The minimum absolute atomic E-state index is 0.804. The molecule has 2 N–H and O–H groups in total. The molecule has 0 unspecified atom stereocenters. The highest BCUT2D eigenvalue weighted by atomic mass is 15.4. The molecule has 14 heavy (non-hydrogen) atoms. The van der Waals surface area contributed by atoms with Gasteiger partial charge in [-0.1, -0.05) is 30.3 Å². The minimum Gasteiger partial charge on any atom is -0.367 e. The van der Waals surface area contributed by atoms with Crippen LogP contribution < -0.4 is 5.32 Å². The van der Waals surface area contributed by atoms with E-state index in [2.05, 4.69) is 20.7 Å². The van der Waals surface area contributed by atoms with Crippen LogP contribution in [0.1, 0.15) is 6.92 Å². The van der Waals surface area contributed by atoms with Crippen LogP contribution >= 0.6 is 0 Å². The molecular formula is C10H12N4. The van der Waals surface area contributed by atoms with Gasteiger partial charge >= 0.3 is 0 Å². The molecule has 1 aromatic carbocycles. The molecule has 72 valence electrons. The number of H-pyrrole nitrogens is 1. The lowest BCUT2D eigenvalue weighted by molar-refractivity contribution is 0.940. The van der Waals surface area contributed by atoms with E-state index in [-0.39, 0.29) is 0 Å². The van der Waals surface area contributed by atoms with E-state index >= 15 is 0 Å². The Labute approximate surface area is 82.4 Å². The first-order valence-corrected chi connectivity index (χ1v) is 4.62. The molecule has 0 aliphatic rings. The van der Waals surface area contributed by atoms with Crippen LogP contribution in [0.3, 0.4) is 0 Å². The Bertz CT molecular complexity index is 394. The lowest BCUT2D eigenvalue weighted by Gasteiger charge is -2.00. The second kappa shape index (κ2) is 3.91. The molecule has 1 aromatic heterocycles. The molecule has 0 fully saturated rings. The van der Waals surface area contributed by atoms with Crippen LogP contribution in [0.2, 0.25) is 0 Å². The number of aromatic amines is 1. The molecule has 2 rings (SSSR count). The van der Waals surface area contributed by atoms with Crippen molar-refractivity contribution in [3.63, 3.8) is 0 Å². The Morgan fingerprint density at radius 2 is 2.00 bits per heavy atom. The standard InChI is InChI=1S/C10H12N4/c1-2-11-10-9(12-14-13-10)8-6-4-3-5-7-8/h3-7H,2H2,1H3,(H2,11,12,13,14). The van der Waals surface area contributed by atoms with Gasteiger partial charge in [0.1, 0.15) is 5.69 Å². The Kier molecular flexibility index (Phi) is 2.44. The predicted octanol–water partition coefficient (Wildman–Crippen LogP) is 1.90. The van der Waals surface area contributed by atoms with Crippen LogP contribution in [0.4, 0.5) is 5.82 Å². The Morgan fingerprint density at radius 1 is 1.21 bits per heavy atom. The van der Waals surface area contributed by atoms with Gasteiger partial charge in [0, 0.05) is 12.1 Å².